The Balaban J connectivity index is 2.34. The molecule has 112 valence electrons. The minimum atomic E-state index is -1.01. The summed E-state index contributed by atoms with van der Waals surface area (Å²) in [4.78, 5) is 38.4. The van der Waals surface area contributed by atoms with Crippen molar-refractivity contribution in [3.05, 3.63) is 21.8 Å². The summed E-state index contributed by atoms with van der Waals surface area (Å²) in [6, 6.07) is 1.65. The summed E-state index contributed by atoms with van der Waals surface area (Å²) < 4.78 is 5.89. The van der Waals surface area contributed by atoms with Crippen LogP contribution in [-0.4, -0.2) is 39.1 Å². The third kappa shape index (κ3) is 3.73. The molecule has 0 spiro atoms. The highest BCUT2D eigenvalue weighted by Crippen LogP contribution is 2.20. The molecule has 2 aromatic heterocycles. The molecule has 0 fully saturated rings. The molecule has 2 rings (SSSR count). The first-order valence-corrected chi connectivity index (χ1v) is 7.60. The molecule has 10 heteroatoms. The zero-order chi connectivity index (χ0) is 15.4. The van der Waals surface area contributed by atoms with Crippen LogP contribution in [0.5, 0.6) is 0 Å². The quantitative estimate of drug-likeness (QED) is 0.591. The molecule has 0 saturated carbocycles. The molecule has 0 aromatic carbocycles. The first-order valence-electron chi connectivity index (χ1n) is 5.74. The number of carboxylic acid groups (broad SMARTS) is 1. The van der Waals surface area contributed by atoms with Crippen molar-refractivity contribution >= 4 is 45.4 Å². The highest BCUT2D eigenvalue weighted by Gasteiger charge is 2.14. The second kappa shape index (κ2) is 6.59. The molecule has 1 amide bonds. The second-order valence-electron chi connectivity index (χ2n) is 3.84. The van der Waals surface area contributed by atoms with Crippen LogP contribution in [0.2, 0.25) is 0 Å². The van der Waals surface area contributed by atoms with Gasteiger partial charge in [0.2, 0.25) is 0 Å². The van der Waals surface area contributed by atoms with Gasteiger partial charge in [0.1, 0.15) is 11.4 Å². The number of fused-ring (bicyclic) bond motifs is 1. The third-order valence-electron chi connectivity index (χ3n) is 2.43. The number of ether oxygens (including phenoxy) is 1. The first-order chi connectivity index (χ1) is 9.99. The average molecular weight is 329 g/mol. The van der Waals surface area contributed by atoms with E-state index < -0.39 is 12.1 Å². The topological polar surface area (TPSA) is 125 Å². The van der Waals surface area contributed by atoms with Crippen LogP contribution in [-0.2, 0) is 16.1 Å². The molecule has 0 bridgehead atoms. The molecule has 8 nitrogen and oxygen atoms in total. The van der Waals surface area contributed by atoms with Gasteiger partial charge in [0.25, 0.3) is 5.56 Å². The van der Waals surface area contributed by atoms with E-state index in [2.05, 4.69) is 9.72 Å². The molecule has 0 saturated heterocycles. The highest BCUT2D eigenvalue weighted by atomic mass is 32.2. The van der Waals surface area contributed by atoms with Crippen molar-refractivity contribution in [2.45, 2.75) is 11.7 Å². The number of amides is 1. The summed E-state index contributed by atoms with van der Waals surface area (Å²) in [5, 5.41) is 11.2. The summed E-state index contributed by atoms with van der Waals surface area (Å²) in [6.07, 6.45) is -0.938. The van der Waals surface area contributed by atoms with E-state index in [9.17, 15) is 14.4 Å². The number of aromatic nitrogens is 2. The maximum Gasteiger partial charge on any atom is 0.404 e. The Morgan fingerprint density at radius 3 is 2.95 bits per heavy atom. The van der Waals surface area contributed by atoms with E-state index >= 15 is 0 Å². The summed E-state index contributed by atoms with van der Waals surface area (Å²) in [6.45, 7) is -0.0320. The normalized spacial score (nSPS) is 10.7. The number of carbonyl (C=O) groups excluding carboxylic acids is 1. The number of carbonyl (C=O) groups is 2. The fourth-order valence-corrected chi connectivity index (χ4v) is 3.15. The monoisotopic (exact) mass is 329 g/mol. The van der Waals surface area contributed by atoms with Gasteiger partial charge in [-0.05, 0) is 11.4 Å². The van der Waals surface area contributed by atoms with E-state index in [-0.39, 0.29) is 29.6 Å². The molecule has 2 aromatic rings. The van der Waals surface area contributed by atoms with Crippen LogP contribution in [0.1, 0.15) is 0 Å². The molecule has 0 atom stereocenters. The van der Waals surface area contributed by atoms with Crippen molar-refractivity contribution in [1.82, 2.24) is 9.55 Å². The maximum atomic E-state index is 12.3. The van der Waals surface area contributed by atoms with Crippen LogP contribution in [0, 0.1) is 0 Å². The van der Waals surface area contributed by atoms with Crippen LogP contribution in [0.4, 0.5) is 4.79 Å². The number of carboxylic acids is 1. The molecule has 0 aliphatic carbocycles. The van der Waals surface area contributed by atoms with Crippen molar-refractivity contribution < 1.29 is 19.4 Å². The molecule has 0 aliphatic rings. The van der Waals surface area contributed by atoms with Gasteiger partial charge in [0.05, 0.1) is 17.7 Å². The Kier molecular flexibility index (Phi) is 4.81. The number of thioether (sulfide) groups is 1. The van der Waals surface area contributed by atoms with Crippen LogP contribution in [0.3, 0.4) is 0 Å². The molecule has 0 radical (unpaired) electrons. The van der Waals surface area contributed by atoms with E-state index in [0.717, 1.165) is 11.8 Å². The lowest BCUT2D eigenvalue weighted by atomic mass is 10.4. The lowest BCUT2D eigenvalue weighted by Crippen LogP contribution is -2.26. The molecular weight excluding hydrogens is 318 g/mol. The van der Waals surface area contributed by atoms with Crippen molar-refractivity contribution in [2.75, 3.05) is 12.4 Å². The third-order valence-corrected chi connectivity index (χ3v) is 4.20. The van der Waals surface area contributed by atoms with Gasteiger partial charge in [-0.25, -0.2) is 9.78 Å². The predicted octanol–water partition coefficient (Wildman–Crippen LogP) is 0.730. The van der Waals surface area contributed by atoms with Gasteiger partial charge in [-0.2, -0.15) is 0 Å². The lowest BCUT2D eigenvalue weighted by Gasteiger charge is -2.10. The zero-order valence-corrected chi connectivity index (χ0v) is 12.3. The molecule has 0 unspecified atom stereocenters. The van der Waals surface area contributed by atoms with Crippen LogP contribution in [0.15, 0.2) is 21.4 Å². The molecule has 3 N–H and O–H groups in total. The summed E-state index contributed by atoms with van der Waals surface area (Å²) in [5.41, 5.74) is 4.56. The van der Waals surface area contributed by atoms with E-state index in [1.54, 1.807) is 11.4 Å². The van der Waals surface area contributed by atoms with E-state index in [1.165, 1.54) is 15.9 Å². The summed E-state index contributed by atoms with van der Waals surface area (Å²) in [5.74, 6) is -1.24. The maximum absolute atomic E-state index is 12.3. The Morgan fingerprint density at radius 1 is 1.52 bits per heavy atom. The minimum absolute atomic E-state index is 0.0580. The van der Waals surface area contributed by atoms with Gasteiger partial charge in [-0.15, -0.1) is 11.3 Å². The number of hydrogen-bond acceptors (Lipinski definition) is 7. The average Bonchev–Trinajstić information content (AvgIpc) is 2.87. The van der Waals surface area contributed by atoms with Gasteiger partial charge < -0.3 is 15.6 Å². The van der Waals surface area contributed by atoms with Crippen LogP contribution >= 0.6 is 23.1 Å². The van der Waals surface area contributed by atoms with Crippen LogP contribution in [0.25, 0.3) is 10.2 Å². The largest absolute Gasteiger partial charge is 0.481 e. The SMILES string of the molecule is NC(=O)OCCn1c(SCC(=O)O)nc2sccc2c1=O. The van der Waals surface area contributed by atoms with E-state index in [0.29, 0.717) is 10.2 Å². The van der Waals surface area contributed by atoms with Crippen molar-refractivity contribution in [2.24, 2.45) is 5.73 Å². The fourth-order valence-electron chi connectivity index (χ4n) is 1.60. The minimum Gasteiger partial charge on any atom is -0.481 e. The predicted molar refractivity (Wildman–Crippen MR) is 77.8 cm³/mol. The second-order valence-corrected chi connectivity index (χ2v) is 5.68. The number of thiophene rings is 1. The number of primary amides is 1. The van der Waals surface area contributed by atoms with Gasteiger partial charge in [0.15, 0.2) is 5.16 Å². The molecule has 0 aliphatic heterocycles. The van der Waals surface area contributed by atoms with Gasteiger partial charge in [-0.1, -0.05) is 11.8 Å². The number of hydrogen-bond donors (Lipinski definition) is 2. The molecular formula is C11H11N3O5S2. The zero-order valence-electron chi connectivity index (χ0n) is 10.6. The van der Waals surface area contributed by atoms with Gasteiger partial charge >= 0.3 is 12.1 Å². The first kappa shape index (κ1) is 15.3. The standard InChI is InChI=1S/C11H11N3O5S2/c12-10(18)19-3-2-14-9(17)6-1-4-20-8(6)13-11(14)21-5-7(15)16/h1,4H,2-3,5H2,(H2,12,18)(H,15,16). The van der Waals surface area contributed by atoms with E-state index in [1.807, 2.05) is 0 Å². The number of aliphatic carboxylic acids is 1. The number of nitrogens with zero attached hydrogens (tertiary/aromatic N) is 2. The number of rotatable bonds is 6. The molecule has 21 heavy (non-hydrogen) atoms. The van der Waals surface area contributed by atoms with Gasteiger partial charge in [-0.3, -0.25) is 14.2 Å². The fraction of sp³-hybridized carbons (Fsp3) is 0.273. The summed E-state index contributed by atoms with van der Waals surface area (Å²) >= 11 is 2.23. The highest BCUT2D eigenvalue weighted by molar-refractivity contribution is 7.99. The molecule has 2 heterocycles. The van der Waals surface area contributed by atoms with Crippen LogP contribution < -0.4 is 11.3 Å². The summed E-state index contributed by atoms with van der Waals surface area (Å²) in [7, 11) is 0. The lowest BCUT2D eigenvalue weighted by molar-refractivity contribution is -0.133. The smallest absolute Gasteiger partial charge is 0.404 e. The van der Waals surface area contributed by atoms with Crippen molar-refractivity contribution in [1.29, 1.82) is 0 Å². The number of nitrogens with two attached hydrogens (primary N) is 1. The van der Waals surface area contributed by atoms with Crippen molar-refractivity contribution in [3.63, 3.8) is 0 Å². The van der Waals surface area contributed by atoms with Gasteiger partial charge in [0, 0.05) is 0 Å². The Bertz CT molecular complexity index is 739. The van der Waals surface area contributed by atoms with Crippen molar-refractivity contribution in [3.8, 4) is 0 Å². The Morgan fingerprint density at radius 2 is 2.29 bits per heavy atom. The Labute approximate surface area is 126 Å². The Hall–Kier alpha value is -2.07. The van der Waals surface area contributed by atoms with E-state index in [4.69, 9.17) is 10.8 Å².